The van der Waals surface area contributed by atoms with Crippen LogP contribution >= 0.6 is 11.6 Å². The number of anilines is 1. The highest BCUT2D eigenvalue weighted by molar-refractivity contribution is 6.30. The zero-order valence-corrected chi connectivity index (χ0v) is 20.3. The molecular formula is C26H27ClN6O2. The van der Waals surface area contributed by atoms with Gasteiger partial charge in [0, 0.05) is 36.4 Å². The highest BCUT2D eigenvalue weighted by Crippen LogP contribution is 2.24. The number of carbonyl (C=O) groups is 2. The minimum atomic E-state index is -0.357. The number of imidazole rings is 1. The van der Waals surface area contributed by atoms with Gasteiger partial charge in [-0.15, -0.1) is 0 Å². The Labute approximate surface area is 209 Å². The lowest BCUT2D eigenvalue weighted by Gasteiger charge is -2.41. The number of carbonyl (C=O) groups excluding carboxylic acids is 2. The van der Waals surface area contributed by atoms with E-state index in [1.54, 1.807) is 41.7 Å². The highest BCUT2D eigenvalue weighted by atomic mass is 35.5. The van der Waals surface area contributed by atoms with Crippen LogP contribution in [0.15, 0.2) is 61.1 Å². The zero-order valence-electron chi connectivity index (χ0n) is 19.5. The molecule has 3 aromatic rings. The number of hydrogen-bond acceptors (Lipinski definition) is 5. The van der Waals surface area contributed by atoms with Crippen molar-refractivity contribution in [3.63, 3.8) is 0 Å². The monoisotopic (exact) mass is 490 g/mol. The number of halogens is 1. The molecule has 8 nitrogen and oxygen atoms in total. The van der Waals surface area contributed by atoms with Crippen LogP contribution in [-0.2, 0) is 22.7 Å². The van der Waals surface area contributed by atoms with Gasteiger partial charge in [0.25, 0.3) is 0 Å². The molecular weight excluding hydrogens is 464 g/mol. The third-order valence-electron chi connectivity index (χ3n) is 5.96. The Hall–Kier alpha value is -3.67. The Kier molecular flexibility index (Phi) is 7.80. The third kappa shape index (κ3) is 6.07. The molecule has 35 heavy (non-hydrogen) atoms. The Balaban J connectivity index is 1.53. The van der Waals surface area contributed by atoms with Crippen molar-refractivity contribution in [1.82, 2.24) is 19.8 Å². The van der Waals surface area contributed by atoms with Crippen molar-refractivity contribution in [3.05, 3.63) is 82.9 Å². The van der Waals surface area contributed by atoms with Crippen LogP contribution in [0.25, 0.3) is 0 Å². The van der Waals surface area contributed by atoms with Crippen molar-refractivity contribution in [2.24, 2.45) is 0 Å². The average molecular weight is 491 g/mol. The van der Waals surface area contributed by atoms with E-state index in [-0.39, 0.29) is 24.5 Å². The molecule has 0 radical (unpaired) electrons. The number of amides is 2. The maximum Gasteiger partial charge on any atom is 0.241 e. The van der Waals surface area contributed by atoms with Crippen molar-refractivity contribution in [2.75, 3.05) is 18.0 Å². The molecule has 1 saturated heterocycles. The molecule has 2 aromatic carbocycles. The summed E-state index contributed by atoms with van der Waals surface area (Å²) in [6.07, 6.45) is 4.34. The van der Waals surface area contributed by atoms with Crippen molar-refractivity contribution < 1.29 is 9.59 Å². The first-order valence-electron chi connectivity index (χ1n) is 11.5. The first-order valence-corrected chi connectivity index (χ1v) is 11.9. The predicted molar refractivity (Wildman–Crippen MR) is 134 cm³/mol. The summed E-state index contributed by atoms with van der Waals surface area (Å²) < 4.78 is 2.01. The van der Waals surface area contributed by atoms with E-state index in [0.29, 0.717) is 42.3 Å². The molecule has 4 rings (SSSR count). The lowest BCUT2D eigenvalue weighted by molar-refractivity contribution is -0.128. The van der Waals surface area contributed by atoms with Crippen LogP contribution in [0.2, 0.25) is 5.02 Å². The molecule has 1 aliphatic rings. The minimum absolute atomic E-state index is 0.0472. The van der Waals surface area contributed by atoms with E-state index in [1.165, 1.54) is 0 Å². The van der Waals surface area contributed by atoms with Crippen molar-refractivity contribution in [2.45, 2.75) is 39.0 Å². The van der Waals surface area contributed by atoms with E-state index in [9.17, 15) is 9.59 Å². The average Bonchev–Trinajstić information content (AvgIpc) is 3.27. The van der Waals surface area contributed by atoms with E-state index < -0.39 is 0 Å². The molecule has 0 spiro atoms. The van der Waals surface area contributed by atoms with Crippen LogP contribution in [0.3, 0.4) is 0 Å². The van der Waals surface area contributed by atoms with Gasteiger partial charge in [-0.25, -0.2) is 4.98 Å². The van der Waals surface area contributed by atoms with Gasteiger partial charge in [0.15, 0.2) is 0 Å². The van der Waals surface area contributed by atoms with E-state index in [4.69, 9.17) is 16.9 Å². The lowest BCUT2D eigenvalue weighted by atomic mass is 10.1. The number of rotatable bonds is 8. The molecule has 0 bridgehead atoms. The number of nitrogens with one attached hydrogen (secondary N) is 1. The van der Waals surface area contributed by atoms with E-state index >= 15 is 0 Å². The Bertz CT molecular complexity index is 1230. The van der Waals surface area contributed by atoms with Crippen molar-refractivity contribution >= 4 is 29.1 Å². The molecule has 1 aromatic heterocycles. The summed E-state index contributed by atoms with van der Waals surface area (Å²) in [7, 11) is 0. The molecule has 1 aliphatic heterocycles. The van der Waals surface area contributed by atoms with Crippen LogP contribution in [-0.4, -0.2) is 45.5 Å². The van der Waals surface area contributed by atoms with Crippen LogP contribution in [0.4, 0.5) is 5.69 Å². The van der Waals surface area contributed by atoms with Gasteiger partial charge in [0.1, 0.15) is 6.17 Å². The second kappa shape index (κ2) is 11.2. The molecule has 2 amide bonds. The fraction of sp³-hybridized carbons (Fsp3) is 0.308. The maximum absolute atomic E-state index is 13.1. The normalized spacial score (nSPS) is 16.2. The predicted octanol–water partition coefficient (Wildman–Crippen LogP) is 3.55. The van der Waals surface area contributed by atoms with Crippen molar-refractivity contribution in [3.8, 4) is 6.07 Å². The first kappa shape index (κ1) is 24.5. The lowest BCUT2D eigenvalue weighted by Crippen LogP contribution is -2.62. The zero-order chi connectivity index (χ0) is 24.8. The SMILES string of the molecule is CCCC(=O)NC1CN(c2cccc(Cl)c2)C(=O)CN1Cc1cncn1Cc1ccc(C#N)cc1. The van der Waals surface area contributed by atoms with Crippen LogP contribution in [0, 0.1) is 11.3 Å². The maximum atomic E-state index is 13.1. The molecule has 2 heterocycles. The smallest absolute Gasteiger partial charge is 0.241 e. The fourth-order valence-corrected chi connectivity index (χ4v) is 4.34. The van der Waals surface area contributed by atoms with Crippen LogP contribution < -0.4 is 10.2 Å². The summed E-state index contributed by atoms with van der Waals surface area (Å²) in [6.45, 7) is 3.46. The second-order valence-electron chi connectivity index (χ2n) is 8.54. The topological polar surface area (TPSA) is 94.3 Å². The highest BCUT2D eigenvalue weighted by Gasteiger charge is 2.34. The van der Waals surface area contributed by atoms with Gasteiger partial charge in [-0.1, -0.05) is 36.7 Å². The molecule has 1 atom stereocenters. The Morgan fingerprint density at radius 1 is 1.23 bits per heavy atom. The quantitative estimate of drug-likeness (QED) is 0.521. The summed E-state index contributed by atoms with van der Waals surface area (Å²) in [5.41, 5.74) is 3.29. The number of piperazine rings is 1. The molecule has 180 valence electrons. The van der Waals surface area contributed by atoms with Gasteiger partial charge >= 0.3 is 0 Å². The van der Waals surface area contributed by atoms with Gasteiger partial charge in [-0.3, -0.25) is 14.5 Å². The van der Waals surface area contributed by atoms with Gasteiger partial charge in [-0.2, -0.15) is 5.26 Å². The molecule has 1 fully saturated rings. The number of aromatic nitrogens is 2. The third-order valence-corrected chi connectivity index (χ3v) is 6.19. The summed E-state index contributed by atoms with van der Waals surface area (Å²) >= 11 is 6.15. The molecule has 9 heteroatoms. The number of nitrogens with zero attached hydrogens (tertiary/aromatic N) is 5. The summed E-state index contributed by atoms with van der Waals surface area (Å²) in [5.74, 6) is -0.111. The van der Waals surface area contributed by atoms with Gasteiger partial charge in [-0.05, 0) is 42.3 Å². The van der Waals surface area contributed by atoms with Gasteiger partial charge < -0.3 is 14.8 Å². The van der Waals surface area contributed by atoms with E-state index in [1.807, 2.05) is 40.7 Å². The van der Waals surface area contributed by atoms with Crippen LogP contribution in [0.1, 0.15) is 36.6 Å². The van der Waals surface area contributed by atoms with Crippen LogP contribution in [0.5, 0.6) is 0 Å². The number of benzene rings is 2. The fourth-order valence-electron chi connectivity index (χ4n) is 4.15. The van der Waals surface area contributed by atoms with E-state index in [0.717, 1.165) is 17.7 Å². The standard InChI is InChI=1S/C26H27ClN6O2/c1-2-4-25(34)30-24-16-33(22-6-3-5-21(27)11-22)26(35)17-31(24)15-23-13-29-18-32(23)14-20-9-7-19(12-28)8-10-20/h3,5-11,13,18,24H,2,4,14-17H2,1H3,(H,30,34). The molecule has 0 saturated carbocycles. The Morgan fingerprint density at radius 3 is 2.74 bits per heavy atom. The van der Waals surface area contributed by atoms with E-state index in [2.05, 4.69) is 16.4 Å². The summed E-state index contributed by atoms with van der Waals surface area (Å²) in [6, 6.07) is 16.7. The molecule has 0 aliphatic carbocycles. The second-order valence-corrected chi connectivity index (χ2v) is 8.98. The first-order chi connectivity index (χ1) is 17.0. The summed E-state index contributed by atoms with van der Waals surface area (Å²) in [5, 5.41) is 12.7. The van der Waals surface area contributed by atoms with Gasteiger partial charge in [0.05, 0.1) is 36.7 Å². The Morgan fingerprint density at radius 2 is 2.03 bits per heavy atom. The molecule has 1 N–H and O–H groups in total. The van der Waals surface area contributed by atoms with Crippen molar-refractivity contribution in [1.29, 1.82) is 5.26 Å². The summed E-state index contributed by atoms with van der Waals surface area (Å²) in [4.78, 5) is 33.6. The van der Waals surface area contributed by atoms with Gasteiger partial charge in [0.2, 0.25) is 11.8 Å². The molecule has 1 unspecified atom stereocenters. The number of hydrogen-bond donors (Lipinski definition) is 1. The minimum Gasteiger partial charge on any atom is -0.339 e. The largest absolute Gasteiger partial charge is 0.339 e. The number of nitriles is 1.